The van der Waals surface area contributed by atoms with Crippen LogP contribution in [0.4, 0.5) is 5.69 Å². The summed E-state index contributed by atoms with van der Waals surface area (Å²) in [7, 11) is 0. The van der Waals surface area contributed by atoms with Gasteiger partial charge in [-0.05, 0) is 40.2 Å². The molecule has 1 aromatic heterocycles. The monoisotopic (exact) mass is 568 g/mol. The van der Waals surface area contributed by atoms with Gasteiger partial charge in [0.25, 0.3) is 5.91 Å². The summed E-state index contributed by atoms with van der Waals surface area (Å²) in [5, 5.41) is 54.4. The summed E-state index contributed by atoms with van der Waals surface area (Å²) in [5.41, 5.74) is 0.0784. The van der Waals surface area contributed by atoms with Gasteiger partial charge in [0.05, 0.1) is 5.52 Å². The number of carbonyl (C=O) groups is 2. The third-order valence-electron chi connectivity index (χ3n) is 7.29. The van der Waals surface area contributed by atoms with E-state index in [0.717, 1.165) is 11.8 Å². The molecule has 0 saturated carbocycles. The van der Waals surface area contributed by atoms with E-state index in [1.165, 1.54) is 22.8 Å². The Morgan fingerprint density at radius 2 is 1.51 bits per heavy atom. The highest BCUT2D eigenvalue weighted by Gasteiger charge is 2.48. The second-order valence-electron chi connectivity index (χ2n) is 12.4. The minimum Gasteiger partial charge on any atom is -0.508 e. The summed E-state index contributed by atoms with van der Waals surface area (Å²) in [6, 6.07) is 9.43. The second-order valence-corrected chi connectivity index (χ2v) is 12.4. The van der Waals surface area contributed by atoms with Gasteiger partial charge in [0.1, 0.15) is 29.6 Å². The molecule has 11 nitrogen and oxygen atoms in total. The zero-order valence-corrected chi connectivity index (χ0v) is 23.7. The Hall–Kier alpha value is -3.77. The number of rotatable bonds is 4. The van der Waals surface area contributed by atoms with Gasteiger partial charge in [-0.15, -0.1) is 0 Å². The molecule has 41 heavy (non-hydrogen) atoms. The standard InChI is InChI=1S/C30H36N2O9/c1-29(2,3)16-11-17(30(4,5)6)20(33)12-18(16)31-26(38)15-13-32(19-10-8-7-9-14(19)21(15)34)27-24(37)22(35)23(36)25(41-27)28(39)40/h7-13,22-25,27,33,35-37H,1-6H3,(H,31,38)(H,39,40)/t22-,23-,24?,25?,27-/m0/s1. The number of aromatic nitrogens is 1. The summed E-state index contributed by atoms with van der Waals surface area (Å²) in [4.78, 5) is 38.8. The molecule has 1 aliphatic rings. The molecule has 1 saturated heterocycles. The van der Waals surface area contributed by atoms with Crippen LogP contribution in [0.3, 0.4) is 0 Å². The van der Waals surface area contributed by atoms with Crippen LogP contribution in [-0.2, 0) is 20.4 Å². The highest BCUT2D eigenvalue weighted by atomic mass is 16.6. The number of pyridine rings is 1. The lowest BCUT2D eigenvalue weighted by molar-refractivity contribution is -0.245. The van der Waals surface area contributed by atoms with Gasteiger partial charge in [-0.3, -0.25) is 9.59 Å². The number of carboxylic acid groups (broad SMARTS) is 1. The molecule has 220 valence electrons. The summed E-state index contributed by atoms with van der Waals surface area (Å²) in [6.07, 6.45) is -7.91. The number of phenols is 1. The number of hydrogen-bond donors (Lipinski definition) is 6. The van der Waals surface area contributed by atoms with Gasteiger partial charge in [-0.1, -0.05) is 53.7 Å². The SMILES string of the molecule is CC(C)(C)c1cc(C(C)(C)C)c(NC(=O)c2cn([C@H]3OC(C(=O)O)[C@@H](O)[C@H](O)C3O)c3ccccc3c2=O)cc1O. The molecule has 1 amide bonds. The summed E-state index contributed by atoms with van der Waals surface area (Å²) in [5.74, 6) is -2.41. The number of hydrogen-bond acceptors (Lipinski definition) is 8. The van der Waals surface area contributed by atoms with Crippen molar-refractivity contribution in [2.45, 2.75) is 83.0 Å². The third kappa shape index (κ3) is 5.58. The quantitative estimate of drug-likeness (QED) is 0.276. The van der Waals surface area contributed by atoms with E-state index in [-0.39, 0.29) is 27.6 Å². The molecule has 0 radical (unpaired) electrons. The summed E-state index contributed by atoms with van der Waals surface area (Å²) >= 11 is 0. The van der Waals surface area contributed by atoms with Crippen molar-refractivity contribution in [2.24, 2.45) is 0 Å². The average molecular weight is 569 g/mol. The van der Waals surface area contributed by atoms with Crippen molar-refractivity contribution in [1.82, 2.24) is 4.57 Å². The Morgan fingerprint density at radius 3 is 2.10 bits per heavy atom. The van der Waals surface area contributed by atoms with Gasteiger partial charge in [0.2, 0.25) is 5.43 Å². The lowest BCUT2D eigenvalue weighted by Crippen LogP contribution is -2.57. The van der Waals surface area contributed by atoms with Crippen molar-refractivity contribution in [1.29, 1.82) is 0 Å². The molecule has 0 spiro atoms. The third-order valence-corrected chi connectivity index (χ3v) is 7.29. The first-order valence-electron chi connectivity index (χ1n) is 13.2. The van der Waals surface area contributed by atoms with Crippen LogP contribution in [0, 0.1) is 0 Å². The molecule has 2 heterocycles. The fourth-order valence-electron chi connectivity index (χ4n) is 5.07. The zero-order valence-electron chi connectivity index (χ0n) is 23.7. The number of amides is 1. The highest BCUT2D eigenvalue weighted by molar-refractivity contribution is 6.06. The van der Waals surface area contributed by atoms with Crippen molar-refractivity contribution in [3.05, 3.63) is 69.5 Å². The molecular weight excluding hydrogens is 532 g/mol. The maximum Gasteiger partial charge on any atom is 0.335 e. The Morgan fingerprint density at radius 1 is 0.902 bits per heavy atom. The van der Waals surface area contributed by atoms with Gasteiger partial charge in [-0.2, -0.15) is 0 Å². The van der Waals surface area contributed by atoms with E-state index >= 15 is 0 Å². The van der Waals surface area contributed by atoms with E-state index in [2.05, 4.69) is 5.32 Å². The number of nitrogens with zero attached hydrogens (tertiary/aromatic N) is 1. The molecule has 1 fully saturated rings. The normalized spacial score (nSPS) is 23.4. The number of aliphatic carboxylic acids is 1. The van der Waals surface area contributed by atoms with E-state index in [0.29, 0.717) is 11.3 Å². The van der Waals surface area contributed by atoms with Gasteiger partial charge in [-0.25, -0.2) is 4.79 Å². The van der Waals surface area contributed by atoms with Gasteiger partial charge in [0, 0.05) is 23.3 Å². The first kappa shape index (κ1) is 30.2. The minimum absolute atomic E-state index is 0.0253. The van der Waals surface area contributed by atoms with Crippen LogP contribution >= 0.6 is 0 Å². The molecule has 1 aliphatic heterocycles. The van der Waals surface area contributed by atoms with Crippen LogP contribution in [0.1, 0.15) is 69.3 Å². The number of benzene rings is 2. The molecule has 2 aromatic carbocycles. The predicted octanol–water partition coefficient (Wildman–Crippen LogP) is 2.62. The minimum atomic E-state index is -1.91. The van der Waals surface area contributed by atoms with Crippen molar-refractivity contribution in [2.75, 3.05) is 5.32 Å². The molecule has 4 rings (SSSR count). The van der Waals surface area contributed by atoms with E-state index in [1.807, 2.05) is 47.6 Å². The van der Waals surface area contributed by atoms with Crippen molar-refractivity contribution in [3.8, 4) is 5.75 Å². The first-order valence-corrected chi connectivity index (χ1v) is 13.2. The number of nitrogens with one attached hydrogen (secondary N) is 1. The van der Waals surface area contributed by atoms with Crippen LogP contribution in [0.15, 0.2) is 47.4 Å². The number of anilines is 1. The van der Waals surface area contributed by atoms with E-state index in [1.54, 1.807) is 12.1 Å². The fourth-order valence-corrected chi connectivity index (χ4v) is 5.07. The number of aromatic hydroxyl groups is 1. The molecule has 0 aliphatic carbocycles. The Kier molecular flexibility index (Phi) is 7.78. The average Bonchev–Trinajstić information content (AvgIpc) is 2.86. The lowest BCUT2D eigenvalue weighted by Gasteiger charge is -2.40. The lowest BCUT2D eigenvalue weighted by atomic mass is 9.79. The van der Waals surface area contributed by atoms with E-state index in [9.17, 15) is 39.9 Å². The molecule has 5 atom stereocenters. The molecular formula is C30H36N2O9. The maximum absolute atomic E-state index is 13.7. The van der Waals surface area contributed by atoms with Gasteiger partial charge in [0.15, 0.2) is 12.3 Å². The summed E-state index contributed by atoms with van der Waals surface area (Å²) < 4.78 is 6.69. The van der Waals surface area contributed by atoms with Gasteiger partial charge < -0.3 is 40.2 Å². The van der Waals surface area contributed by atoms with Crippen LogP contribution in [-0.4, -0.2) is 66.4 Å². The Balaban J connectivity index is 1.86. The molecule has 3 aromatic rings. The largest absolute Gasteiger partial charge is 0.508 e. The maximum atomic E-state index is 13.7. The van der Waals surface area contributed by atoms with Crippen LogP contribution < -0.4 is 10.7 Å². The Labute approximate surface area is 236 Å². The first-order chi connectivity index (χ1) is 18.9. The smallest absolute Gasteiger partial charge is 0.335 e. The number of phenolic OH excluding ortho intramolecular Hbond substituents is 1. The molecule has 2 unspecified atom stereocenters. The Bertz CT molecular complexity index is 1570. The van der Waals surface area contributed by atoms with Crippen LogP contribution in [0.5, 0.6) is 5.75 Å². The highest BCUT2D eigenvalue weighted by Crippen LogP contribution is 2.40. The van der Waals surface area contributed by atoms with E-state index in [4.69, 9.17) is 4.74 Å². The van der Waals surface area contributed by atoms with Crippen molar-refractivity contribution >= 4 is 28.5 Å². The molecule has 11 heteroatoms. The topological polar surface area (TPSA) is 179 Å². The number of para-hydroxylation sites is 1. The number of aliphatic hydroxyl groups is 3. The zero-order chi connectivity index (χ0) is 30.6. The van der Waals surface area contributed by atoms with Crippen LogP contribution in [0.2, 0.25) is 0 Å². The van der Waals surface area contributed by atoms with Crippen molar-refractivity contribution in [3.63, 3.8) is 0 Å². The van der Waals surface area contributed by atoms with Crippen molar-refractivity contribution < 1.29 is 39.9 Å². The predicted molar refractivity (Wildman–Crippen MR) is 151 cm³/mol. The number of carbonyl (C=O) groups excluding carboxylic acids is 1. The second kappa shape index (κ2) is 10.6. The number of aliphatic hydroxyl groups excluding tert-OH is 3. The number of carboxylic acids is 1. The molecule has 0 bridgehead atoms. The molecule has 6 N–H and O–H groups in total. The fraction of sp³-hybridized carbons (Fsp3) is 0.433. The number of ether oxygens (including phenoxy) is 1. The van der Waals surface area contributed by atoms with Gasteiger partial charge >= 0.3 is 5.97 Å². The van der Waals surface area contributed by atoms with Crippen LogP contribution in [0.25, 0.3) is 10.9 Å². The van der Waals surface area contributed by atoms with E-state index < -0.39 is 53.4 Å². The summed E-state index contributed by atoms with van der Waals surface area (Å²) in [6.45, 7) is 11.7. The number of fused-ring (bicyclic) bond motifs is 1.